The molecule has 0 aliphatic rings. The smallest absolute Gasteiger partial charge is 0.0787 e. The largest absolute Gasteiger partial charge is 0.313 e. The van der Waals surface area contributed by atoms with Crippen molar-refractivity contribution >= 4 is 15.9 Å². The Labute approximate surface area is 110 Å². The van der Waals surface area contributed by atoms with E-state index in [0.29, 0.717) is 0 Å². The average molecular weight is 294 g/mol. The lowest BCUT2D eigenvalue weighted by Crippen LogP contribution is -2.11. The van der Waals surface area contributed by atoms with E-state index in [2.05, 4.69) is 51.5 Å². The van der Waals surface area contributed by atoms with Gasteiger partial charge in [-0.3, -0.25) is 0 Å². The van der Waals surface area contributed by atoms with Gasteiger partial charge in [-0.1, -0.05) is 13.0 Å². The van der Waals surface area contributed by atoms with E-state index in [1.165, 1.54) is 5.56 Å². The van der Waals surface area contributed by atoms with Crippen LogP contribution >= 0.6 is 15.9 Å². The summed E-state index contributed by atoms with van der Waals surface area (Å²) in [6, 6.07) is 8.34. The summed E-state index contributed by atoms with van der Waals surface area (Å²) in [6.07, 6.45) is 1.97. The van der Waals surface area contributed by atoms with Crippen LogP contribution in [0.15, 0.2) is 34.9 Å². The Kier molecular flexibility index (Phi) is 3.97. The fourth-order valence-corrected chi connectivity index (χ4v) is 2.27. The summed E-state index contributed by atoms with van der Waals surface area (Å²) in [5.41, 5.74) is 3.36. The van der Waals surface area contributed by atoms with Crippen molar-refractivity contribution < 1.29 is 0 Å². The molecule has 0 atom stereocenters. The number of aryl methyl sites for hydroxylation is 1. The first-order chi connectivity index (χ1) is 8.20. The van der Waals surface area contributed by atoms with Crippen LogP contribution in [0.2, 0.25) is 0 Å². The van der Waals surface area contributed by atoms with Crippen molar-refractivity contribution in [3.8, 4) is 5.69 Å². The van der Waals surface area contributed by atoms with Crippen molar-refractivity contribution in [1.82, 2.24) is 15.1 Å². The SMILES string of the molecule is CCNCc1ccc(-n2ccc(C)n2)c(Br)c1. The number of hydrogen-bond acceptors (Lipinski definition) is 2. The molecule has 17 heavy (non-hydrogen) atoms. The molecule has 3 nitrogen and oxygen atoms in total. The van der Waals surface area contributed by atoms with Crippen molar-refractivity contribution in [2.24, 2.45) is 0 Å². The van der Waals surface area contributed by atoms with Crippen LogP contribution in [-0.4, -0.2) is 16.3 Å². The summed E-state index contributed by atoms with van der Waals surface area (Å²) in [7, 11) is 0. The van der Waals surface area contributed by atoms with Crippen LogP contribution in [0.5, 0.6) is 0 Å². The van der Waals surface area contributed by atoms with Crippen molar-refractivity contribution in [2.75, 3.05) is 6.54 Å². The molecule has 0 saturated heterocycles. The first kappa shape index (κ1) is 12.3. The average Bonchev–Trinajstić information content (AvgIpc) is 2.73. The minimum Gasteiger partial charge on any atom is -0.313 e. The number of rotatable bonds is 4. The Bertz CT molecular complexity index is 505. The zero-order chi connectivity index (χ0) is 12.3. The Morgan fingerprint density at radius 3 is 2.76 bits per heavy atom. The summed E-state index contributed by atoms with van der Waals surface area (Å²) < 4.78 is 2.95. The van der Waals surface area contributed by atoms with Gasteiger partial charge in [-0.2, -0.15) is 5.10 Å². The molecule has 0 bridgehead atoms. The van der Waals surface area contributed by atoms with E-state index in [1.807, 2.05) is 23.9 Å². The Hall–Kier alpha value is -1.13. The molecule has 0 aliphatic carbocycles. The molecule has 1 aromatic heterocycles. The van der Waals surface area contributed by atoms with Crippen molar-refractivity contribution in [2.45, 2.75) is 20.4 Å². The maximum absolute atomic E-state index is 4.40. The van der Waals surface area contributed by atoms with Gasteiger partial charge in [-0.15, -0.1) is 0 Å². The van der Waals surface area contributed by atoms with Gasteiger partial charge in [0.25, 0.3) is 0 Å². The highest BCUT2D eigenvalue weighted by atomic mass is 79.9. The zero-order valence-electron chi connectivity index (χ0n) is 10.1. The molecule has 90 valence electrons. The second-order valence-corrected chi connectivity index (χ2v) is 4.82. The molecule has 1 heterocycles. The molecule has 0 spiro atoms. The fraction of sp³-hybridized carbons (Fsp3) is 0.308. The van der Waals surface area contributed by atoms with Gasteiger partial charge in [0.05, 0.1) is 11.4 Å². The maximum atomic E-state index is 4.40. The summed E-state index contributed by atoms with van der Waals surface area (Å²) in [5, 5.41) is 7.72. The molecular weight excluding hydrogens is 278 g/mol. The van der Waals surface area contributed by atoms with E-state index in [4.69, 9.17) is 0 Å². The number of aromatic nitrogens is 2. The Morgan fingerprint density at radius 1 is 1.35 bits per heavy atom. The summed E-state index contributed by atoms with van der Waals surface area (Å²) in [6.45, 7) is 5.98. The van der Waals surface area contributed by atoms with E-state index in [0.717, 1.165) is 28.9 Å². The van der Waals surface area contributed by atoms with E-state index in [1.54, 1.807) is 0 Å². The molecule has 0 aliphatic heterocycles. The molecule has 0 unspecified atom stereocenters. The number of benzene rings is 1. The number of nitrogens with zero attached hydrogens (tertiary/aromatic N) is 2. The normalized spacial score (nSPS) is 10.8. The van der Waals surface area contributed by atoms with E-state index in [-0.39, 0.29) is 0 Å². The van der Waals surface area contributed by atoms with E-state index < -0.39 is 0 Å². The van der Waals surface area contributed by atoms with Crippen LogP contribution < -0.4 is 5.32 Å². The van der Waals surface area contributed by atoms with Gasteiger partial charge in [0.15, 0.2) is 0 Å². The van der Waals surface area contributed by atoms with Crippen molar-refractivity contribution in [3.63, 3.8) is 0 Å². The van der Waals surface area contributed by atoms with E-state index in [9.17, 15) is 0 Å². The lowest BCUT2D eigenvalue weighted by atomic mass is 10.2. The third-order valence-electron chi connectivity index (χ3n) is 2.56. The molecule has 1 aromatic carbocycles. The quantitative estimate of drug-likeness (QED) is 0.939. The second kappa shape index (κ2) is 5.47. The molecular formula is C13H16BrN3. The number of nitrogens with one attached hydrogen (secondary N) is 1. The van der Waals surface area contributed by atoms with Gasteiger partial charge < -0.3 is 5.32 Å². The van der Waals surface area contributed by atoms with Crippen molar-refractivity contribution in [3.05, 3.63) is 46.2 Å². The molecule has 1 N–H and O–H groups in total. The fourth-order valence-electron chi connectivity index (χ4n) is 1.66. The minimum absolute atomic E-state index is 0.896. The highest BCUT2D eigenvalue weighted by Crippen LogP contribution is 2.22. The van der Waals surface area contributed by atoms with Crippen molar-refractivity contribution in [1.29, 1.82) is 0 Å². The van der Waals surface area contributed by atoms with Gasteiger partial charge in [-0.25, -0.2) is 4.68 Å². The van der Waals surface area contributed by atoms with Crippen LogP contribution in [-0.2, 0) is 6.54 Å². The molecule has 0 radical (unpaired) electrons. The Balaban J connectivity index is 2.25. The van der Waals surface area contributed by atoms with E-state index >= 15 is 0 Å². The molecule has 0 amide bonds. The summed E-state index contributed by atoms with van der Waals surface area (Å²) in [4.78, 5) is 0. The third kappa shape index (κ3) is 2.96. The van der Waals surface area contributed by atoms with Gasteiger partial charge in [0.2, 0.25) is 0 Å². The monoisotopic (exact) mass is 293 g/mol. The Morgan fingerprint density at radius 2 is 2.18 bits per heavy atom. The first-order valence-electron chi connectivity index (χ1n) is 5.72. The highest BCUT2D eigenvalue weighted by Gasteiger charge is 2.04. The van der Waals surface area contributed by atoms with Crippen LogP contribution in [0.3, 0.4) is 0 Å². The maximum Gasteiger partial charge on any atom is 0.0787 e. The summed E-state index contributed by atoms with van der Waals surface area (Å²) >= 11 is 3.60. The second-order valence-electron chi connectivity index (χ2n) is 3.97. The van der Waals surface area contributed by atoms with Crippen LogP contribution in [0.4, 0.5) is 0 Å². The lowest BCUT2D eigenvalue weighted by Gasteiger charge is -2.08. The standard InChI is InChI=1S/C13H16BrN3/c1-3-15-9-11-4-5-13(12(14)8-11)17-7-6-10(2)16-17/h4-8,15H,3,9H2,1-2H3. The predicted octanol–water partition coefficient (Wildman–Crippen LogP) is 3.05. The van der Waals surface area contributed by atoms with Crippen LogP contribution in [0, 0.1) is 6.92 Å². The van der Waals surface area contributed by atoms with Crippen LogP contribution in [0.1, 0.15) is 18.2 Å². The molecule has 4 heteroatoms. The predicted molar refractivity (Wildman–Crippen MR) is 73.4 cm³/mol. The topological polar surface area (TPSA) is 29.9 Å². The zero-order valence-corrected chi connectivity index (χ0v) is 11.7. The number of halogens is 1. The van der Waals surface area contributed by atoms with Gasteiger partial charge in [-0.05, 0) is 53.2 Å². The van der Waals surface area contributed by atoms with Gasteiger partial charge in [0, 0.05) is 17.2 Å². The minimum atomic E-state index is 0.896. The number of hydrogen-bond donors (Lipinski definition) is 1. The van der Waals surface area contributed by atoms with Gasteiger partial charge >= 0.3 is 0 Å². The molecule has 2 aromatic rings. The van der Waals surface area contributed by atoms with Gasteiger partial charge in [0.1, 0.15) is 0 Å². The third-order valence-corrected chi connectivity index (χ3v) is 3.20. The molecule has 0 saturated carbocycles. The van der Waals surface area contributed by atoms with Crippen LogP contribution in [0.25, 0.3) is 5.69 Å². The summed E-state index contributed by atoms with van der Waals surface area (Å²) in [5.74, 6) is 0. The molecule has 0 fully saturated rings. The lowest BCUT2D eigenvalue weighted by molar-refractivity contribution is 0.726. The highest BCUT2D eigenvalue weighted by molar-refractivity contribution is 9.10. The first-order valence-corrected chi connectivity index (χ1v) is 6.52. The molecule has 2 rings (SSSR count).